The van der Waals surface area contributed by atoms with Gasteiger partial charge in [0.2, 0.25) is 5.91 Å². The Kier molecular flexibility index (Phi) is 3.62. The molecule has 0 saturated carbocycles. The SMILES string of the molecule is Cc1ccccc1C1CNCc2ccc(C(N)=O)cc2O1. The van der Waals surface area contributed by atoms with E-state index in [1.165, 1.54) is 5.56 Å². The van der Waals surface area contributed by atoms with Crippen molar-refractivity contribution in [2.45, 2.75) is 19.6 Å². The number of rotatable bonds is 2. The highest BCUT2D eigenvalue weighted by Gasteiger charge is 2.21. The van der Waals surface area contributed by atoms with E-state index in [1.807, 2.05) is 18.2 Å². The van der Waals surface area contributed by atoms with E-state index in [1.54, 1.807) is 12.1 Å². The summed E-state index contributed by atoms with van der Waals surface area (Å²) in [4.78, 5) is 11.3. The maximum atomic E-state index is 11.3. The lowest BCUT2D eigenvalue weighted by Crippen LogP contribution is -2.22. The van der Waals surface area contributed by atoms with Crippen molar-refractivity contribution in [3.63, 3.8) is 0 Å². The number of carbonyl (C=O) groups excluding carboxylic acids is 1. The Bertz CT molecular complexity index is 682. The van der Waals surface area contributed by atoms with Gasteiger partial charge in [0.1, 0.15) is 11.9 Å². The molecule has 1 amide bonds. The number of nitrogens with two attached hydrogens (primary N) is 1. The van der Waals surface area contributed by atoms with Crippen LogP contribution < -0.4 is 15.8 Å². The van der Waals surface area contributed by atoms with Crippen molar-refractivity contribution in [3.05, 3.63) is 64.7 Å². The molecule has 1 aliphatic rings. The van der Waals surface area contributed by atoms with Gasteiger partial charge in [-0.25, -0.2) is 0 Å². The first-order chi connectivity index (χ1) is 10.1. The second kappa shape index (κ2) is 5.58. The van der Waals surface area contributed by atoms with Crippen molar-refractivity contribution >= 4 is 5.91 Å². The van der Waals surface area contributed by atoms with Gasteiger partial charge in [0, 0.05) is 24.2 Å². The summed E-state index contributed by atoms with van der Waals surface area (Å²) < 4.78 is 6.14. The van der Waals surface area contributed by atoms with Crippen molar-refractivity contribution in [2.24, 2.45) is 5.73 Å². The normalized spacial score (nSPS) is 17.5. The van der Waals surface area contributed by atoms with E-state index in [0.717, 1.165) is 30.0 Å². The van der Waals surface area contributed by atoms with Crippen LogP contribution in [0.1, 0.15) is 33.2 Å². The van der Waals surface area contributed by atoms with E-state index in [4.69, 9.17) is 10.5 Å². The minimum absolute atomic E-state index is 0.0735. The zero-order valence-electron chi connectivity index (χ0n) is 11.9. The smallest absolute Gasteiger partial charge is 0.248 e. The van der Waals surface area contributed by atoms with Gasteiger partial charge in [-0.05, 0) is 30.2 Å². The van der Waals surface area contributed by atoms with Crippen LogP contribution in [0.4, 0.5) is 0 Å². The van der Waals surface area contributed by atoms with E-state index < -0.39 is 5.91 Å². The number of hydrogen-bond acceptors (Lipinski definition) is 3. The first kappa shape index (κ1) is 13.6. The monoisotopic (exact) mass is 282 g/mol. The van der Waals surface area contributed by atoms with Gasteiger partial charge in [-0.2, -0.15) is 0 Å². The molecule has 1 aliphatic heterocycles. The second-order valence-corrected chi connectivity index (χ2v) is 5.28. The van der Waals surface area contributed by atoms with E-state index in [2.05, 4.69) is 24.4 Å². The Morgan fingerprint density at radius 3 is 2.86 bits per heavy atom. The Hall–Kier alpha value is -2.33. The number of carbonyl (C=O) groups is 1. The Morgan fingerprint density at radius 1 is 1.29 bits per heavy atom. The van der Waals surface area contributed by atoms with Gasteiger partial charge < -0.3 is 15.8 Å². The fourth-order valence-electron chi connectivity index (χ4n) is 2.62. The fraction of sp³-hybridized carbons (Fsp3) is 0.235. The van der Waals surface area contributed by atoms with Crippen LogP contribution in [-0.4, -0.2) is 12.5 Å². The molecule has 4 nitrogen and oxygen atoms in total. The maximum Gasteiger partial charge on any atom is 0.248 e. The zero-order valence-corrected chi connectivity index (χ0v) is 11.9. The number of ether oxygens (including phenoxy) is 1. The molecule has 0 saturated heterocycles. The van der Waals surface area contributed by atoms with Crippen LogP contribution in [-0.2, 0) is 6.54 Å². The van der Waals surface area contributed by atoms with Gasteiger partial charge in [-0.1, -0.05) is 30.3 Å². The van der Waals surface area contributed by atoms with Crippen molar-refractivity contribution < 1.29 is 9.53 Å². The molecule has 0 aliphatic carbocycles. The van der Waals surface area contributed by atoms with Gasteiger partial charge in [-0.3, -0.25) is 4.79 Å². The predicted octanol–water partition coefficient (Wildman–Crippen LogP) is 2.32. The molecule has 4 heteroatoms. The van der Waals surface area contributed by atoms with Crippen molar-refractivity contribution in [1.82, 2.24) is 5.32 Å². The number of aryl methyl sites for hydroxylation is 1. The number of benzene rings is 2. The molecule has 0 aromatic heterocycles. The molecule has 0 bridgehead atoms. The third-order valence-electron chi connectivity index (χ3n) is 3.80. The van der Waals surface area contributed by atoms with Gasteiger partial charge >= 0.3 is 0 Å². The third kappa shape index (κ3) is 2.76. The summed E-state index contributed by atoms with van der Waals surface area (Å²) in [7, 11) is 0. The molecule has 108 valence electrons. The molecule has 0 fully saturated rings. The van der Waals surface area contributed by atoms with Crippen LogP contribution in [0.2, 0.25) is 0 Å². The minimum atomic E-state index is -0.439. The summed E-state index contributed by atoms with van der Waals surface area (Å²) in [5, 5.41) is 3.39. The van der Waals surface area contributed by atoms with Crippen LogP contribution in [0.5, 0.6) is 5.75 Å². The van der Waals surface area contributed by atoms with Gasteiger partial charge in [0.15, 0.2) is 0 Å². The lowest BCUT2D eigenvalue weighted by molar-refractivity contribution is 0.0999. The van der Waals surface area contributed by atoms with Gasteiger partial charge in [-0.15, -0.1) is 0 Å². The summed E-state index contributed by atoms with van der Waals surface area (Å²) in [5.74, 6) is 0.288. The summed E-state index contributed by atoms with van der Waals surface area (Å²) in [6, 6.07) is 13.5. The molecule has 1 heterocycles. The molecule has 0 spiro atoms. The van der Waals surface area contributed by atoms with E-state index >= 15 is 0 Å². The maximum absolute atomic E-state index is 11.3. The minimum Gasteiger partial charge on any atom is -0.484 e. The topological polar surface area (TPSA) is 64.3 Å². The molecule has 1 unspecified atom stereocenters. The van der Waals surface area contributed by atoms with Crippen LogP contribution in [0.25, 0.3) is 0 Å². The average Bonchev–Trinajstić information content (AvgIpc) is 2.68. The summed E-state index contributed by atoms with van der Waals surface area (Å²) >= 11 is 0. The molecule has 3 rings (SSSR count). The van der Waals surface area contributed by atoms with Crippen molar-refractivity contribution in [2.75, 3.05) is 6.54 Å². The first-order valence-corrected chi connectivity index (χ1v) is 7.01. The van der Waals surface area contributed by atoms with Crippen LogP contribution in [0.3, 0.4) is 0 Å². The summed E-state index contributed by atoms with van der Waals surface area (Å²) in [6.45, 7) is 3.52. The van der Waals surface area contributed by atoms with Crippen molar-refractivity contribution in [1.29, 1.82) is 0 Å². The number of fused-ring (bicyclic) bond motifs is 1. The summed E-state index contributed by atoms with van der Waals surface area (Å²) in [6.07, 6.45) is -0.0735. The Labute approximate surface area is 123 Å². The average molecular weight is 282 g/mol. The second-order valence-electron chi connectivity index (χ2n) is 5.28. The van der Waals surface area contributed by atoms with Gasteiger partial charge in [0.25, 0.3) is 0 Å². The van der Waals surface area contributed by atoms with Crippen LogP contribution >= 0.6 is 0 Å². The van der Waals surface area contributed by atoms with Crippen LogP contribution in [0.15, 0.2) is 42.5 Å². The molecular formula is C17H18N2O2. The lowest BCUT2D eigenvalue weighted by atomic mass is 10.0. The molecule has 2 aromatic rings. The molecule has 3 N–H and O–H groups in total. The quantitative estimate of drug-likeness (QED) is 0.888. The highest BCUT2D eigenvalue weighted by atomic mass is 16.5. The standard InChI is InChI=1S/C17H18N2O2/c1-11-4-2-3-5-14(11)16-10-19-9-13-7-6-12(17(18)20)8-15(13)21-16/h2-8,16,19H,9-10H2,1H3,(H2,18,20). The molecule has 1 atom stereocenters. The number of amides is 1. The number of primary amides is 1. The van der Waals surface area contributed by atoms with E-state index in [0.29, 0.717) is 5.56 Å². The highest BCUT2D eigenvalue weighted by Crippen LogP contribution is 2.30. The number of nitrogens with one attached hydrogen (secondary N) is 1. The molecular weight excluding hydrogens is 264 g/mol. The fourth-order valence-corrected chi connectivity index (χ4v) is 2.62. The predicted molar refractivity (Wildman–Crippen MR) is 81.2 cm³/mol. The lowest BCUT2D eigenvalue weighted by Gasteiger charge is -2.19. The highest BCUT2D eigenvalue weighted by molar-refractivity contribution is 5.93. The Balaban J connectivity index is 1.96. The first-order valence-electron chi connectivity index (χ1n) is 7.01. The van der Waals surface area contributed by atoms with E-state index in [9.17, 15) is 4.79 Å². The molecule has 0 radical (unpaired) electrons. The Morgan fingerprint density at radius 2 is 2.10 bits per heavy atom. The number of hydrogen-bond donors (Lipinski definition) is 2. The van der Waals surface area contributed by atoms with Crippen LogP contribution in [0, 0.1) is 6.92 Å². The van der Waals surface area contributed by atoms with E-state index in [-0.39, 0.29) is 6.10 Å². The molecule has 2 aromatic carbocycles. The largest absolute Gasteiger partial charge is 0.484 e. The van der Waals surface area contributed by atoms with Crippen molar-refractivity contribution in [3.8, 4) is 5.75 Å². The summed E-state index contributed by atoms with van der Waals surface area (Å²) in [5.41, 5.74) is 9.20. The molecule has 21 heavy (non-hydrogen) atoms. The van der Waals surface area contributed by atoms with Gasteiger partial charge in [0.05, 0.1) is 0 Å². The zero-order chi connectivity index (χ0) is 14.8. The third-order valence-corrected chi connectivity index (χ3v) is 3.80.